The first-order valence-corrected chi connectivity index (χ1v) is 13.7. The first kappa shape index (κ1) is 34.9. The summed E-state index contributed by atoms with van der Waals surface area (Å²) in [5, 5.41) is 9.72. The Morgan fingerprint density at radius 3 is 2.45 bits per heavy atom. The number of nitrogens with zero attached hydrogens (tertiary/aromatic N) is 4. The van der Waals surface area contributed by atoms with Crippen molar-refractivity contribution in [3.63, 3.8) is 0 Å². The summed E-state index contributed by atoms with van der Waals surface area (Å²) < 4.78 is 5.12. The summed E-state index contributed by atoms with van der Waals surface area (Å²) in [6.07, 6.45) is 6.85. The first-order valence-electron chi connectivity index (χ1n) is 13.7. The lowest BCUT2D eigenvalue weighted by atomic mass is 9.82. The maximum Gasteiger partial charge on any atom is 0.306 e. The van der Waals surface area contributed by atoms with Gasteiger partial charge in [0.25, 0.3) is 5.91 Å². The van der Waals surface area contributed by atoms with Crippen molar-refractivity contribution in [2.75, 3.05) is 43.0 Å². The average Bonchev–Trinajstić information content (AvgIpc) is 2.97. The van der Waals surface area contributed by atoms with Gasteiger partial charge in [-0.3, -0.25) is 14.6 Å². The highest BCUT2D eigenvalue weighted by atomic mass is 35.5. The number of aromatic nitrogens is 1. The van der Waals surface area contributed by atoms with Gasteiger partial charge in [-0.05, 0) is 85.2 Å². The van der Waals surface area contributed by atoms with E-state index >= 15 is 0 Å². The summed E-state index contributed by atoms with van der Waals surface area (Å²) in [4.78, 5) is 31.5. The maximum atomic E-state index is 12.9. The first-order chi connectivity index (χ1) is 19.1. The Labute approximate surface area is 266 Å². The van der Waals surface area contributed by atoms with Gasteiger partial charge in [-0.25, -0.2) is 4.98 Å². The van der Waals surface area contributed by atoms with E-state index in [9.17, 15) is 9.59 Å². The van der Waals surface area contributed by atoms with Crippen molar-refractivity contribution in [2.24, 2.45) is 11.0 Å². The minimum Gasteiger partial charge on any atom is -0.466 e. The molecule has 1 aromatic heterocycles. The Morgan fingerprint density at radius 2 is 1.76 bits per heavy atom. The molecule has 1 unspecified atom stereocenters. The molecule has 1 saturated heterocycles. The number of halogens is 3. The molecule has 1 N–H and O–H groups in total. The third-order valence-electron chi connectivity index (χ3n) is 7.33. The molecule has 226 valence electrons. The van der Waals surface area contributed by atoms with Gasteiger partial charge in [0.1, 0.15) is 5.82 Å². The molecule has 1 aliphatic heterocycles. The van der Waals surface area contributed by atoms with Crippen LogP contribution in [0.4, 0.5) is 11.5 Å². The van der Waals surface area contributed by atoms with Crippen molar-refractivity contribution in [3.8, 4) is 0 Å². The van der Waals surface area contributed by atoms with Gasteiger partial charge in [-0.2, -0.15) is 5.10 Å². The van der Waals surface area contributed by atoms with Gasteiger partial charge in [0.15, 0.2) is 0 Å². The summed E-state index contributed by atoms with van der Waals surface area (Å²) >= 11 is 0. The van der Waals surface area contributed by atoms with E-state index in [0.717, 1.165) is 62.5 Å². The van der Waals surface area contributed by atoms with E-state index in [1.54, 1.807) is 0 Å². The maximum absolute atomic E-state index is 12.9. The molecule has 1 fully saturated rings. The number of nitrogens with one attached hydrogen (secondary N) is 1. The third kappa shape index (κ3) is 9.34. The second kappa shape index (κ2) is 16.9. The minimum atomic E-state index is -0.150. The van der Waals surface area contributed by atoms with Crippen LogP contribution in [0, 0.1) is 5.92 Å². The van der Waals surface area contributed by atoms with Crippen LogP contribution in [0.2, 0.25) is 0 Å². The van der Waals surface area contributed by atoms with Crippen molar-refractivity contribution in [2.45, 2.75) is 32.6 Å². The molecule has 1 aliphatic carbocycles. The molecule has 11 heteroatoms. The predicted molar refractivity (Wildman–Crippen MR) is 175 cm³/mol. The number of hydrazone groups is 1. The number of aryl methyl sites for hydroxylation is 1. The van der Waals surface area contributed by atoms with Crippen LogP contribution in [0.15, 0.2) is 72.0 Å². The number of fused-ring (bicyclic) bond motifs is 1. The molecule has 0 bridgehead atoms. The van der Waals surface area contributed by atoms with Crippen LogP contribution in [0.25, 0.3) is 0 Å². The van der Waals surface area contributed by atoms with Gasteiger partial charge >= 0.3 is 5.97 Å². The molecule has 8 nitrogen and oxygen atoms in total. The number of rotatable bonds is 8. The van der Waals surface area contributed by atoms with Crippen LogP contribution in [-0.2, 0) is 22.4 Å². The topological polar surface area (TPSA) is 87.1 Å². The zero-order valence-electron chi connectivity index (χ0n) is 23.6. The normalized spacial score (nSPS) is 15.9. The fourth-order valence-corrected chi connectivity index (χ4v) is 5.19. The molecule has 0 spiro atoms. The lowest BCUT2D eigenvalue weighted by molar-refractivity contribution is -0.144. The number of hydrogen-bond acceptors (Lipinski definition) is 7. The molecule has 3 aromatic rings. The Balaban J connectivity index is 0.00000205. The predicted octanol–water partition coefficient (Wildman–Crippen LogP) is 5.81. The molecule has 0 radical (unpaired) electrons. The lowest BCUT2D eigenvalue weighted by Gasteiger charge is -2.33. The Morgan fingerprint density at radius 1 is 1.00 bits per heavy atom. The van der Waals surface area contributed by atoms with Crippen LogP contribution in [-0.4, -0.2) is 60.9 Å². The zero-order chi connectivity index (χ0) is 27.0. The third-order valence-corrected chi connectivity index (χ3v) is 7.33. The van der Waals surface area contributed by atoms with E-state index in [4.69, 9.17) is 4.74 Å². The van der Waals surface area contributed by atoms with Gasteiger partial charge in [0.05, 0.1) is 25.9 Å². The SMILES string of the molecule is CCOC(=O)CC1CCc2ccc(NC(=O)c3ccc(C=NN4CCN(c5ccccn5)CC4)cc3)cc2C1.Cl.Cl.Cl. The highest BCUT2D eigenvalue weighted by Crippen LogP contribution is 2.30. The molecule has 42 heavy (non-hydrogen) atoms. The number of hydrogen-bond donors (Lipinski definition) is 1. The van der Waals surface area contributed by atoms with Gasteiger partial charge in [-0.15, -0.1) is 37.2 Å². The van der Waals surface area contributed by atoms with Crippen molar-refractivity contribution in [1.29, 1.82) is 0 Å². The van der Waals surface area contributed by atoms with Crippen molar-refractivity contribution in [1.82, 2.24) is 9.99 Å². The van der Waals surface area contributed by atoms with Crippen LogP contribution in [0.5, 0.6) is 0 Å². The van der Waals surface area contributed by atoms with E-state index in [2.05, 4.69) is 31.4 Å². The van der Waals surface area contributed by atoms with Gasteiger partial charge < -0.3 is 15.0 Å². The van der Waals surface area contributed by atoms with Crippen molar-refractivity contribution in [3.05, 3.63) is 89.1 Å². The number of piperazine rings is 1. The molecule has 2 aliphatic rings. The summed E-state index contributed by atoms with van der Waals surface area (Å²) in [6.45, 7) is 5.66. The van der Waals surface area contributed by atoms with Gasteiger partial charge in [0.2, 0.25) is 0 Å². The van der Waals surface area contributed by atoms with E-state index < -0.39 is 0 Å². The molecule has 1 atom stereocenters. The van der Waals surface area contributed by atoms with Gasteiger partial charge in [-0.1, -0.05) is 24.3 Å². The number of pyridine rings is 1. The van der Waals surface area contributed by atoms with Crippen molar-refractivity contribution < 1.29 is 14.3 Å². The number of ether oxygens (including phenoxy) is 1. The quantitative estimate of drug-likeness (QED) is 0.249. The zero-order valence-corrected chi connectivity index (χ0v) is 26.1. The van der Waals surface area contributed by atoms with Crippen LogP contribution in [0.1, 0.15) is 46.8 Å². The molecule has 1 amide bonds. The Kier molecular flexibility index (Phi) is 14.1. The smallest absolute Gasteiger partial charge is 0.306 e. The molecular weight excluding hydrogens is 597 g/mol. The second-order valence-corrected chi connectivity index (χ2v) is 10.1. The monoisotopic (exact) mass is 633 g/mol. The van der Waals surface area contributed by atoms with E-state index in [0.29, 0.717) is 18.6 Å². The summed E-state index contributed by atoms with van der Waals surface area (Å²) in [5.74, 6) is 1.00. The molecule has 2 aromatic carbocycles. The molecular formula is C31H38Cl3N5O3. The van der Waals surface area contributed by atoms with Crippen LogP contribution < -0.4 is 10.2 Å². The van der Waals surface area contributed by atoms with Crippen LogP contribution in [0.3, 0.4) is 0 Å². The highest BCUT2D eigenvalue weighted by Gasteiger charge is 2.22. The summed E-state index contributed by atoms with van der Waals surface area (Å²) in [7, 11) is 0. The summed E-state index contributed by atoms with van der Waals surface area (Å²) in [6, 6.07) is 19.5. The standard InChI is InChI=1S/C31H35N5O3.3ClH/c1-2-39-30(37)20-24-8-9-25-12-13-28(21-27(25)19-24)34-31(38)26-10-6-23(7-11-26)22-33-36-17-15-35(16-18-36)29-5-3-4-14-32-29;;;/h3-7,10-14,21-22,24H,2,8-9,15-20H2,1H3,(H,34,38);3*1H. The van der Waals surface area contributed by atoms with Crippen molar-refractivity contribution >= 4 is 66.8 Å². The molecule has 5 rings (SSSR count). The van der Waals surface area contributed by atoms with E-state index in [1.807, 2.05) is 73.9 Å². The summed E-state index contributed by atoms with van der Waals surface area (Å²) in [5.41, 5.74) is 4.79. The lowest BCUT2D eigenvalue weighted by Crippen LogP contribution is -2.44. The fraction of sp³-hybridized carbons (Fsp3) is 0.355. The number of amides is 1. The van der Waals surface area contributed by atoms with E-state index in [-0.39, 0.29) is 55.0 Å². The van der Waals surface area contributed by atoms with Crippen LogP contribution >= 0.6 is 37.2 Å². The average molecular weight is 635 g/mol. The Hall–Kier alpha value is -3.33. The Bertz CT molecular complexity index is 1320. The fourth-order valence-electron chi connectivity index (χ4n) is 5.19. The molecule has 0 saturated carbocycles. The van der Waals surface area contributed by atoms with E-state index in [1.165, 1.54) is 11.1 Å². The largest absolute Gasteiger partial charge is 0.466 e. The minimum absolute atomic E-state index is 0. The number of carbonyl (C=O) groups is 2. The number of carbonyl (C=O) groups excluding carboxylic acids is 2. The second-order valence-electron chi connectivity index (χ2n) is 10.1. The number of anilines is 2. The number of esters is 1. The molecule has 2 heterocycles. The number of benzene rings is 2. The van der Waals surface area contributed by atoms with Gasteiger partial charge in [0, 0.05) is 37.0 Å². The highest BCUT2D eigenvalue weighted by molar-refractivity contribution is 6.04.